The van der Waals surface area contributed by atoms with Gasteiger partial charge in [0.1, 0.15) is 5.82 Å². The summed E-state index contributed by atoms with van der Waals surface area (Å²) in [5, 5.41) is 0. The SMILES string of the molecule is C1=Cc2nc(-c3ccccc3)n(C3=CC4CC4C=C3)c2C=CC1. The number of aromatic nitrogens is 2. The number of allylic oxidation sites excluding steroid dienone is 6. The normalized spacial score (nSPS) is 23.9. The van der Waals surface area contributed by atoms with Crippen LogP contribution in [0.15, 0.2) is 60.7 Å². The molecule has 2 atom stereocenters. The van der Waals surface area contributed by atoms with Crippen molar-refractivity contribution in [1.82, 2.24) is 9.55 Å². The van der Waals surface area contributed by atoms with Gasteiger partial charge in [0.25, 0.3) is 0 Å². The van der Waals surface area contributed by atoms with Crippen LogP contribution in [-0.4, -0.2) is 9.55 Å². The molecule has 0 amide bonds. The van der Waals surface area contributed by atoms with E-state index in [4.69, 9.17) is 4.98 Å². The predicted octanol–water partition coefficient (Wildman–Crippen LogP) is 5.03. The van der Waals surface area contributed by atoms with Crippen LogP contribution in [0.5, 0.6) is 0 Å². The summed E-state index contributed by atoms with van der Waals surface area (Å²) < 4.78 is 2.32. The number of benzene rings is 1. The molecule has 1 saturated carbocycles. The Hall–Kier alpha value is -2.61. The highest BCUT2D eigenvalue weighted by molar-refractivity contribution is 5.77. The Balaban J connectivity index is 1.75. The van der Waals surface area contributed by atoms with Crippen LogP contribution in [0, 0.1) is 11.8 Å². The first-order chi connectivity index (χ1) is 11.4. The van der Waals surface area contributed by atoms with E-state index >= 15 is 0 Å². The first kappa shape index (κ1) is 12.9. The lowest BCUT2D eigenvalue weighted by atomic mass is 10.1. The van der Waals surface area contributed by atoms with Crippen molar-refractivity contribution in [2.45, 2.75) is 12.8 Å². The molecule has 2 nitrogen and oxygen atoms in total. The Kier molecular flexibility index (Phi) is 2.77. The molecule has 3 aliphatic rings. The second kappa shape index (κ2) is 4.95. The van der Waals surface area contributed by atoms with E-state index in [9.17, 15) is 0 Å². The topological polar surface area (TPSA) is 17.8 Å². The number of nitrogens with zero attached hydrogens (tertiary/aromatic N) is 2. The van der Waals surface area contributed by atoms with E-state index in [0.717, 1.165) is 35.3 Å². The number of fused-ring (bicyclic) bond motifs is 2. The van der Waals surface area contributed by atoms with Crippen LogP contribution in [0.3, 0.4) is 0 Å². The van der Waals surface area contributed by atoms with Crippen LogP contribution in [0.2, 0.25) is 0 Å². The zero-order valence-electron chi connectivity index (χ0n) is 12.9. The van der Waals surface area contributed by atoms with E-state index in [1.54, 1.807) is 0 Å². The Labute approximate surface area is 136 Å². The third-order valence-electron chi connectivity index (χ3n) is 4.85. The second-order valence-corrected chi connectivity index (χ2v) is 6.46. The fourth-order valence-corrected chi connectivity index (χ4v) is 3.51. The smallest absolute Gasteiger partial charge is 0.145 e. The minimum Gasteiger partial charge on any atom is -0.293 e. The van der Waals surface area contributed by atoms with Crippen LogP contribution in [0.1, 0.15) is 24.2 Å². The van der Waals surface area contributed by atoms with E-state index in [1.165, 1.54) is 17.8 Å². The molecule has 0 bridgehead atoms. The van der Waals surface area contributed by atoms with Gasteiger partial charge in [-0.25, -0.2) is 4.98 Å². The van der Waals surface area contributed by atoms with Gasteiger partial charge in [0.05, 0.1) is 11.4 Å². The predicted molar refractivity (Wildman–Crippen MR) is 95.4 cm³/mol. The first-order valence-electron chi connectivity index (χ1n) is 8.32. The van der Waals surface area contributed by atoms with Gasteiger partial charge in [0, 0.05) is 11.3 Å². The summed E-state index contributed by atoms with van der Waals surface area (Å²) in [6.45, 7) is 0. The van der Waals surface area contributed by atoms with Crippen LogP contribution >= 0.6 is 0 Å². The molecule has 2 heteroatoms. The summed E-state index contributed by atoms with van der Waals surface area (Å²) >= 11 is 0. The Morgan fingerprint density at radius 1 is 0.957 bits per heavy atom. The van der Waals surface area contributed by atoms with Crippen molar-refractivity contribution in [3.63, 3.8) is 0 Å². The van der Waals surface area contributed by atoms with Crippen molar-refractivity contribution >= 4 is 17.8 Å². The number of imidazole rings is 1. The summed E-state index contributed by atoms with van der Waals surface area (Å²) in [6, 6.07) is 10.5. The standard InChI is InChI=1S/C21H18N2/c1-3-7-15(8-4-1)21-22-19-9-5-2-6-10-20(19)23(21)18-12-11-16-13-17(16)14-18/h1,3-12,14,16-17H,2,13H2. The van der Waals surface area contributed by atoms with Crippen molar-refractivity contribution in [3.05, 3.63) is 72.1 Å². The summed E-state index contributed by atoms with van der Waals surface area (Å²) in [5.74, 6) is 2.53. The van der Waals surface area contributed by atoms with Gasteiger partial charge in [-0.1, -0.05) is 54.6 Å². The lowest BCUT2D eigenvalue weighted by Crippen LogP contribution is -2.03. The lowest BCUT2D eigenvalue weighted by Gasteiger charge is -2.14. The fourth-order valence-electron chi connectivity index (χ4n) is 3.51. The summed E-state index contributed by atoms with van der Waals surface area (Å²) in [6.07, 6.45) is 18.1. The van der Waals surface area contributed by atoms with Gasteiger partial charge in [-0.3, -0.25) is 4.57 Å². The lowest BCUT2D eigenvalue weighted by molar-refractivity contribution is 0.955. The van der Waals surface area contributed by atoms with Crippen LogP contribution in [0.4, 0.5) is 0 Å². The molecular formula is C21H18N2. The average molecular weight is 298 g/mol. The summed E-state index contributed by atoms with van der Waals surface area (Å²) in [7, 11) is 0. The maximum absolute atomic E-state index is 4.94. The molecule has 112 valence electrons. The van der Waals surface area contributed by atoms with Gasteiger partial charge in [0.15, 0.2) is 0 Å². The fraction of sp³-hybridized carbons (Fsp3) is 0.190. The molecule has 1 fully saturated rings. The molecule has 0 N–H and O–H groups in total. The Morgan fingerprint density at radius 2 is 1.83 bits per heavy atom. The van der Waals surface area contributed by atoms with Gasteiger partial charge in [-0.05, 0) is 42.9 Å². The largest absolute Gasteiger partial charge is 0.293 e. The minimum absolute atomic E-state index is 0.724. The number of hydrogen-bond acceptors (Lipinski definition) is 1. The summed E-state index contributed by atoms with van der Waals surface area (Å²) in [4.78, 5) is 4.94. The molecule has 1 heterocycles. The van der Waals surface area contributed by atoms with E-state index in [0.29, 0.717) is 0 Å². The monoisotopic (exact) mass is 298 g/mol. The quantitative estimate of drug-likeness (QED) is 0.760. The molecule has 5 rings (SSSR count). The van der Waals surface area contributed by atoms with Gasteiger partial charge in [-0.15, -0.1) is 0 Å². The molecule has 0 spiro atoms. The molecule has 3 aliphatic carbocycles. The van der Waals surface area contributed by atoms with Crippen molar-refractivity contribution in [2.75, 3.05) is 0 Å². The molecule has 2 aromatic rings. The molecule has 0 radical (unpaired) electrons. The molecule has 23 heavy (non-hydrogen) atoms. The van der Waals surface area contributed by atoms with Gasteiger partial charge >= 0.3 is 0 Å². The number of hydrogen-bond donors (Lipinski definition) is 0. The minimum atomic E-state index is 0.724. The highest BCUT2D eigenvalue weighted by Crippen LogP contribution is 2.46. The van der Waals surface area contributed by atoms with Crippen LogP contribution in [0.25, 0.3) is 29.2 Å². The van der Waals surface area contributed by atoms with Crippen molar-refractivity contribution in [3.8, 4) is 11.4 Å². The highest BCUT2D eigenvalue weighted by Gasteiger charge is 2.36. The van der Waals surface area contributed by atoms with E-state index in [2.05, 4.69) is 77.4 Å². The second-order valence-electron chi connectivity index (χ2n) is 6.46. The Bertz CT molecular complexity index is 878. The molecule has 1 aromatic carbocycles. The van der Waals surface area contributed by atoms with E-state index in [-0.39, 0.29) is 0 Å². The zero-order valence-corrected chi connectivity index (χ0v) is 12.9. The number of rotatable bonds is 2. The molecule has 2 unspecified atom stereocenters. The van der Waals surface area contributed by atoms with E-state index < -0.39 is 0 Å². The highest BCUT2D eigenvalue weighted by atomic mass is 15.1. The molecule has 0 aliphatic heterocycles. The van der Waals surface area contributed by atoms with Crippen molar-refractivity contribution in [2.24, 2.45) is 11.8 Å². The summed E-state index contributed by atoms with van der Waals surface area (Å²) in [5.41, 5.74) is 4.67. The maximum atomic E-state index is 4.94. The van der Waals surface area contributed by atoms with Gasteiger partial charge in [-0.2, -0.15) is 0 Å². The van der Waals surface area contributed by atoms with Crippen LogP contribution in [-0.2, 0) is 0 Å². The van der Waals surface area contributed by atoms with Crippen LogP contribution < -0.4 is 0 Å². The first-order valence-corrected chi connectivity index (χ1v) is 8.32. The average Bonchev–Trinajstić information content (AvgIpc) is 3.34. The molecule has 1 aromatic heterocycles. The molecule has 0 saturated heterocycles. The van der Waals surface area contributed by atoms with Crippen molar-refractivity contribution in [1.29, 1.82) is 0 Å². The zero-order chi connectivity index (χ0) is 15.2. The van der Waals surface area contributed by atoms with Crippen molar-refractivity contribution < 1.29 is 0 Å². The third-order valence-corrected chi connectivity index (χ3v) is 4.85. The maximum Gasteiger partial charge on any atom is 0.145 e. The third kappa shape index (κ3) is 2.14. The van der Waals surface area contributed by atoms with E-state index in [1.807, 2.05) is 0 Å². The Morgan fingerprint density at radius 3 is 2.70 bits per heavy atom. The van der Waals surface area contributed by atoms with Gasteiger partial charge in [0.2, 0.25) is 0 Å². The van der Waals surface area contributed by atoms with Gasteiger partial charge < -0.3 is 0 Å². The molecular weight excluding hydrogens is 280 g/mol.